The van der Waals surface area contributed by atoms with Gasteiger partial charge in [0.25, 0.3) is 0 Å². The molecule has 0 saturated carbocycles. The molecule has 1 atom stereocenters. The molecule has 0 fully saturated rings. The number of aliphatic imine (C=N–C) groups is 1. The van der Waals surface area contributed by atoms with Crippen molar-refractivity contribution < 1.29 is 19.1 Å². The zero-order chi connectivity index (χ0) is 23.5. The van der Waals surface area contributed by atoms with Crippen LogP contribution < -0.4 is 0 Å². The first-order chi connectivity index (χ1) is 16.1. The molecular weight excluding hydrogens is 414 g/mol. The minimum Gasteiger partial charge on any atom is -0.466 e. The summed E-state index contributed by atoms with van der Waals surface area (Å²) in [7, 11) is 0. The van der Waals surface area contributed by atoms with E-state index in [0.717, 1.165) is 28.0 Å². The van der Waals surface area contributed by atoms with Crippen LogP contribution in [-0.4, -0.2) is 36.9 Å². The summed E-state index contributed by atoms with van der Waals surface area (Å²) in [6, 6.07) is 26.6. The van der Waals surface area contributed by atoms with E-state index in [4.69, 9.17) is 14.5 Å². The van der Waals surface area contributed by atoms with Crippen molar-refractivity contribution in [3.05, 3.63) is 107 Å². The quantitative estimate of drug-likeness (QED) is 0.333. The molecule has 0 saturated heterocycles. The molecule has 3 aromatic rings. The molecule has 0 aromatic heterocycles. The van der Waals surface area contributed by atoms with E-state index in [0.29, 0.717) is 13.0 Å². The van der Waals surface area contributed by atoms with E-state index in [-0.39, 0.29) is 25.0 Å². The summed E-state index contributed by atoms with van der Waals surface area (Å²) < 4.78 is 10.4. The van der Waals surface area contributed by atoms with Crippen LogP contribution >= 0.6 is 0 Å². The van der Waals surface area contributed by atoms with Crippen LogP contribution in [0.2, 0.25) is 0 Å². The molecule has 0 radical (unpaired) electrons. The van der Waals surface area contributed by atoms with E-state index >= 15 is 0 Å². The molecule has 0 N–H and O–H groups in total. The monoisotopic (exact) mass is 443 g/mol. The molecule has 0 aliphatic carbocycles. The van der Waals surface area contributed by atoms with Crippen LogP contribution in [0.25, 0.3) is 0 Å². The Kier molecular flexibility index (Phi) is 8.95. The maximum absolute atomic E-state index is 12.8. The van der Waals surface area contributed by atoms with Gasteiger partial charge in [-0.2, -0.15) is 0 Å². The molecule has 0 aliphatic heterocycles. The van der Waals surface area contributed by atoms with Gasteiger partial charge in [-0.05, 0) is 25.0 Å². The SMILES string of the molecule is CCOC(=O)Cc1ccc(CC(N=C(c2ccccc2)c2ccccc2)C(=O)OCC)cc1. The number of benzene rings is 3. The molecule has 0 aliphatic rings. The number of carbonyl (C=O) groups excluding carboxylic acids is 2. The maximum Gasteiger partial charge on any atom is 0.331 e. The van der Waals surface area contributed by atoms with Crippen molar-refractivity contribution in [2.24, 2.45) is 4.99 Å². The molecule has 0 heterocycles. The van der Waals surface area contributed by atoms with E-state index < -0.39 is 6.04 Å². The zero-order valence-corrected chi connectivity index (χ0v) is 19.1. The molecule has 5 heteroatoms. The number of hydrogen-bond acceptors (Lipinski definition) is 5. The molecule has 3 aromatic carbocycles. The van der Waals surface area contributed by atoms with Crippen LogP contribution in [0, 0.1) is 0 Å². The maximum atomic E-state index is 12.8. The van der Waals surface area contributed by atoms with Crippen molar-refractivity contribution in [2.75, 3.05) is 13.2 Å². The summed E-state index contributed by atoms with van der Waals surface area (Å²) in [6.07, 6.45) is 0.613. The standard InChI is InChI=1S/C28H29NO4/c1-3-32-26(30)20-22-17-15-21(16-18-22)19-25(28(31)33-4-2)29-27(23-11-7-5-8-12-23)24-13-9-6-10-14-24/h5-18,25H,3-4,19-20H2,1-2H3. The number of esters is 2. The van der Waals surface area contributed by atoms with E-state index in [9.17, 15) is 9.59 Å². The lowest BCUT2D eigenvalue weighted by Gasteiger charge is -2.15. The first-order valence-electron chi connectivity index (χ1n) is 11.2. The normalized spacial score (nSPS) is 11.3. The summed E-state index contributed by atoms with van der Waals surface area (Å²) in [5, 5.41) is 0. The van der Waals surface area contributed by atoms with E-state index in [1.165, 1.54) is 0 Å². The molecule has 5 nitrogen and oxygen atoms in total. The Morgan fingerprint density at radius 2 is 1.24 bits per heavy atom. The number of rotatable bonds is 10. The van der Waals surface area contributed by atoms with Gasteiger partial charge in [0.15, 0.2) is 6.04 Å². The Morgan fingerprint density at radius 3 is 1.76 bits per heavy atom. The van der Waals surface area contributed by atoms with E-state index in [2.05, 4.69) is 0 Å². The van der Waals surface area contributed by atoms with Gasteiger partial charge in [-0.1, -0.05) is 84.9 Å². The Balaban J connectivity index is 1.90. The predicted octanol–water partition coefficient (Wildman–Crippen LogP) is 4.80. The molecule has 170 valence electrons. The van der Waals surface area contributed by atoms with Gasteiger partial charge in [-0.15, -0.1) is 0 Å². The number of hydrogen-bond donors (Lipinski definition) is 0. The number of nitrogens with zero attached hydrogens (tertiary/aromatic N) is 1. The summed E-state index contributed by atoms with van der Waals surface area (Å²) in [5.41, 5.74) is 4.41. The van der Waals surface area contributed by atoms with Gasteiger partial charge in [0, 0.05) is 17.5 Å². The average molecular weight is 444 g/mol. The van der Waals surface area contributed by atoms with Crippen LogP contribution in [0.4, 0.5) is 0 Å². The third-order valence-corrected chi connectivity index (χ3v) is 5.04. The van der Waals surface area contributed by atoms with Gasteiger partial charge in [0.05, 0.1) is 25.3 Å². The summed E-state index contributed by atoms with van der Waals surface area (Å²) >= 11 is 0. The highest BCUT2D eigenvalue weighted by atomic mass is 16.5. The minimum atomic E-state index is -0.698. The van der Waals surface area contributed by atoms with Gasteiger partial charge in [0.1, 0.15) is 0 Å². The van der Waals surface area contributed by atoms with Crippen molar-refractivity contribution in [3.63, 3.8) is 0 Å². The van der Waals surface area contributed by atoms with Gasteiger partial charge in [0.2, 0.25) is 0 Å². The molecule has 33 heavy (non-hydrogen) atoms. The van der Waals surface area contributed by atoms with Gasteiger partial charge < -0.3 is 9.47 Å². The van der Waals surface area contributed by atoms with Crippen LogP contribution in [0.3, 0.4) is 0 Å². The fourth-order valence-electron chi connectivity index (χ4n) is 3.48. The largest absolute Gasteiger partial charge is 0.466 e. The fourth-order valence-corrected chi connectivity index (χ4v) is 3.48. The summed E-state index contributed by atoms with van der Waals surface area (Å²) in [6.45, 7) is 4.23. The second kappa shape index (κ2) is 12.3. The van der Waals surface area contributed by atoms with Crippen molar-refractivity contribution in [2.45, 2.75) is 32.7 Å². The zero-order valence-electron chi connectivity index (χ0n) is 19.1. The van der Waals surface area contributed by atoms with Crippen LogP contribution in [0.1, 0.15) is 36.1 Å². The molecule has 1 unspecified atom stereocenters. The summed E-state index contributed by atoms with van der Waals surface area (Å²) in [4.78, 5) is 29.5. The smallest absolute Gasteiger partial charge is 0.331 e. The van der Waals surface area contributed by atoms with Crippen LogP contribution in [0.5, 0.6) is 0 Å². The van der Waals surface area contributed by atoms with Crippen molar-refractivity contribution >= 4 is 17.7 Å². The van der Waals surface area contributed by atoms with Crippen LogP contribution in [-0.2, 0) is 31.9 Å². The van der Waals surface area contributed by atoms with Crippen molar-refractivity contribution in [1.82, 2.24) is 0 Å². The van der Waals surface area contributed by atoms with Crippen molar-refractivity contribution in [3.8, 4) is 0 Å². The fraction of sp³-hybridized carbons (Fsp3) is 0.250. The Bertz CT molecular complexity index is 1020. The first kappa shape index (κ1) is 23.9. The lowest BCUT2D eigenvalue weighted by Crippen LogP contribution is -2.26. The lowest BCUT2D eigenvalue weighted by molar-refractivity contribution is -0.144. The first-order valence-corrected chi connectivity index (χ1v) is 11.2. The van der Waals surface area contributed by atoms with Crippen LogP contribution in [0.15, 0.2) is 89.9 Å². The number of ether oxygens (including phenoxy) is 2. The third kappa shape index (κ3) is 7.14. The topological polar surface area (TPSA) is 65.0 Å². The highest BCUT2D eigenvalue weighted by Gasteiger charge is 2.21. The number of carbonyl (C=O) groups is 2. The Labute approximate surface area is 195 Å². The van der Waals surface area contributed by atoms with E-state index in [1.807, 2.05) is 84.9 Å². The summed E-state index contributed by atoms with van der Waals surface area (Å²) in [5.74, 6) is -0.618. The predicted molar refractivity (Wildman–Crippen MR) is 129 cm³/mol. The molecule has 3 rings (SSSR count). The molecular formula is C28H29NO4. The molecule has 0 spiro atoms. The van der Waals surface area contributed by atoms with E-state index in [1.54, 1.807) is 13.8 Å². The second-order valence-electron chi connectivity index (χ2n) is 7.48. The minimum absolute atomic E-state index is 0.222. The molecule has 0 amide bonds. The van der Waals surface area contributed by atoms with Crippen molar-refractivity contribution in [1.29, 1.82) is 0 Å². The highest BCUT2D eigenvalue weighted by Crippen LogP contribution is 2.16. The third-order valence-electron chi connectivity index (χ3n) is 5.04. The highest BCUT2D eigenvalue weighted by molar-refractivity contribution is 6.13. The van der Waals surface area contributed by atoms with Gasteiger partial charge in [-0.25, -0.2) is 4.79 Å². The van der Waals surface area contributed by atoms with Gasteiger partial charge >= 0.3 is 11.9 Å². The second-order valence-corrected chi connectivity index (χ2v) is 7.48. The molecule has 0 bridgehead atoms. The lowest BCUT2D eigenvalue weighted by atomic mass is 10.00. The Hall–Kier alpha value is -3.73. The average Bonchev–Trinajstić information content (AvgIpc) is 2.84. The Morgan fingerprint density at radius 1 is 0.727 bits per heavy atom. The van der Waals surface area contributed by atoms with Gasteiger partial charge in [-0.3, -0.25) is 9.79 Å².